The van der Waals surface area contributed by atoms with Crippen LogP contribution in [0.3, 0.4) is 0 Å². The standard InChI is InChI=1S/C17H26O5/c1-5-7-8-13(6-2)12-21-22-17(18)15-10-9-14(19-3)11-16(15)20-4/h9-11,13H,5-8,12H2,1-4H3. The Morgan fingerprint density at radius 1 is 1.18 bits per heavy atom. The molecule has 22 heavy (non-hydrogen) atoms. The average Bonchev–Trinajstić information content (AvgIpc) is 2.56. The molecule has 124 valence electrons. The van der Waals surface area contributed by atoms with Gasteiger partial charge in [0.25, 0.3) is 0 Å². The maximum Gasteiger partial charge on any atom is 0.376 e. The van der Waals surface area contributed by atoms with Gasteiger partial charge in [-0.2, -0.15) is 4.89 Å². The van der Waals surface area contributed by atoms with E-state index >= 15 is 0 Å². The van der Waals surface area contributed by atoms with Gasteiger partial charge in [0, 0.05) is 6.07 Å². The molecule has 5 heteroatoms. The maximum atomic E-state index is 12.0. The number of hydrogen-bond donors (Lipinski definition) is 0. The Morgan fingerprint density at radius 3 is 2.55 bits per heavy atom. The second kappa shape index (κ2) is 10.1. The minimum atomic E-state index is -0.565. The van der Waals surface area contributed by atoms with Crippen LogP contribution in [0.15, 0.2) is 18.2 Å². The minimum Gasteiger partial charge on any atom is -0.497 e. The van der Waals surface area contributed by atoms with Crippen LogP contribution in [0.1, 0.15) is 49.9 Å². The van der Waals surface area contributed by atoms with E-state index in [1.807, 2.05) is 0 Å². The van der Waals surface area contributed by atoms with Gasteiger partial charge in [-0.15, -0.1) is 0 Å². The van der Waals surface area contributed by atoms with Crippen molar-refractivity contribution in [3.63, 3.8) is 0 Å². The van der Waals surface area contributed by atoms with Crippen molar-refractivity contribution in [3.05, 3.63) is 23.8 Å². The molecule has 0 fully saturated rings. The molecule has 5 nitrogen and oxygen atoms in total. The van der Waals surface area contributed by atoms with Crippen molar-refractivity contribution >= 4 is 5.97 Å². The first-order chi connectivity index (χ1) is 10.7. The molecule has 0 bridgehead atoms. The van der Waals surface area contributed by atoms with Crippen LogP contribution >= 0.6 is 0 Å². The van der Waals surface area contributed by atoms with Crippen LogP contribution in [0.2, 0.25) is 0 Å². The zero-order chi connectivity index (χ0) is 16.4. The summed E-state index contributed by atoms with van der Waals surface area (Å²) < 4.78 is 10.3. The minimum absolute atomic E-state index is 0.310. The van der Waals surface area contributed by atoms with Crippen molar-refractivity contribution in [3.8, 4) is 11.5 Å². The van der Waals surface area contributed by atoms with Gasteiger partial charge in [0.2, 0.25) is 0 Å². The predicted molar refractivity (Wildman–Crippen MR) is 84.2 cm³/mol. The highest BCUT2D eigenvalue weighted by atomic mass is 17.2. The molecule has 0 spiro atoms. The lowest BCUT2D eigenvalue weighted by molar-refractivity contribution is -0.249. The quantitative estimate of drug-likeness (QED) is 0.483. The second-order valence-corrected chi connectivity index (χ2v) is 5.14. The molecule has 0 N–H and O–H groups in total. The molecule has 1 unspecified atom stereocenters. The van der Waals surface area contributed by atoms with Crippen molar-refractivity contribution in [1.82, 2.24) is 0 Å². The second-order valence-electron chi connectivity index (χ2n) is 5.14. The molecule has 1 aromatic rings. The van der Waals surface area contributed by atoms with Gasteiger partial charge in [0.1, 0.15) is 17.1 Å². The number of rotatable bonds is 10. The van der Waals surface area contributed by atoms with Crippen LogP contribution in [-0.2, 0) is 9.78 Å². The van der Waals surface area contributed by atoms with E-state index < -0.39 is 5.97 Å². The van der Waals surface area contributed by atoms with Crippen LogP contribution in [0.4, 0.5) is 0 Å². The number of carbonyl (C=O) groups excluding carboxylic acids is 1. The monoisotopic (exact) mass is 310 g/mol. The fourth-order valence-electron chi connectivity index (χ4n) is 2.09. The van der Waals surface area contributed by atoms with Crippen molar-refractivity contribution in [2.75, 3.05) is 20.8 Å². The zero-order valence-corrected chi connectivity index (χ0v) is 13.9. The van der Waals surface area contributed by atoms with E-state index in [1.54, 1.807) is 25.3 Å². The fraction of sp³-hybridized carbons (Fsp3) is 0.588. The molecule has 0 aliphatic heterocycles. The number of hydrogen-bond acceptors (Lipinski definition) is 5. The summed E-state index contributed by atoms with van der Waals surface area (Å²) in [4.78, 5) is 22.1. The van der Waals surface area contributed by atoms with Crippen LogP contribution in [-0.4, -0.2) is 26.8 Å². The van der Waals surface area contributed by atoms with Crippen LogP contribution in [0.5, 0.6) is 11.5 Å². The maximum absolute atomic E-state index is 12.0. The van der Waals surface area contributed by atoms with E-state index in [0.717, 1.165) is 25.7 Å². The van der Waals surface area contributed by atoms with Crippen molar-refractivity contribution in [1.29, 1.82) is 0 Å². The Bertz CT molecular complexity index is 458. The first-order valence-corrected chi connectivity index (χ1v) is 7.72. The third kappa shape index (κ3) is 5.56. The molecule has 0 aliphatic carbocycles. The lowest BCUT2D eigenvalue weighted by Crippen LogP contribution is -2.13. The lowest BCUT2D eigenvalue weighted by atomic mass is 10.0. The molecular weight excluding hydrogens is 284 g/mol. The molecule has 1 aromatic carbocycles. The number of unbranched alkanes of at least 4 members (excludes halogenated alkanes) is 1. The van der Waals surface area contributed by atoms with Gasteiger partial charge in [0.15, 0.2) is 0 Å². The number of ether oxygens (including phenoxy) is 2. The average molecular weight is 310 g/mol. The zero-order valence-electron chi connectivity index (χ0n) is 13.9. The molecule has 0 saturated carbocycles. The Kier molecular flexibility index (Phi) is 8.36. The summed E-state index contributed by atoms with van der Waals surface area (Å²) in [6, 6.07) is 4.90. The van der Waals surface area contributed by atoms with E-state index in [0.29, 0.717) is 29.6 Å². The van der Waals surface area contributed by atoms with E-state index in [-0.39, 0.29) is 0 Å². The lowest BCUT2D eigenvalue weighted by Gasteiger charge is -2.14. The summed E-state index contributed by atoms with van der Waals surface area (Å²) >= 11 is 0. The Balaban J connectivity index is 2.54. The molecule has 0 aromatic heterocycles. The molecule has 0 aliphatic rings. The number of carbonyl (C=O) groups is 1. The normalized spacial score (nSPS) is 11.8. The molecule has 0 heterocycles. The van der Waals surface area contributed by atoms with Crippen molar-refractivity contribution in [2.45, 2.75) is 39.5 Å². The van der Waals surface area contributed by atoms with Gasteiger partial charge in [-0.25, -0.2) is 4.79 Å². The number of benzene rings is 1. The first-order valence-electron chi connectivity index (χ1n) is 7.72. The van der Waals surface area contributed by atoms with Gasteiger partial charge in [-0.3, -0.25) is 4.89 Å². The van der Waals surface area contributed by atoms with E-state index in [4.69, 9.17) is 19.2 Å². The molecule has 1 atom stereocenters. The summed E-state index contributed by atoms with van der Waals surface area (Å²) in [6.45, 7) is 4.68. The number of methoxy groups -OCH3 is 2. The summed E-state index contributed by atoms with van der Waals surface area (Å²) in [6.07, 6.45) is 4.39. The fourth-order valence-corrected chi connectivity index (χ4v) is 2.09. The molecule has 0 radical (unpaired) electrons. The van der Waals surface area contributed by atoms with E-state index in [2.05, 4.69) is 13.8 Å². The topological polar surface area (TPSA) is 54.0 Å². The molecule has 0 amide bonds. The van der Waals surface area contributed by atoms with Gasteiger partial charge < -0.3 is 9.47 Å². The highest BCUT2D eigenvalue weighted by molar-refractivity contribution is 5.92. The van der Waals surface area contributed by atoms with Crippen LogP contribution in [0.25, 0.3) is 0 Å². The van der Waals surface area contributed by atoms with Crippen LogP contribution in [0, 0.1) is 5.92 Å². The van der Waals surface area contributed by atoms with Gasteiger partial charge in [-0.1, -0.05) is 33.1 Å². The van der Waals surface area contributed by atoms with Crippen LogP contribution < -0.4 is 9.47 Å². The highest BCUT2D eigenvalue weighted by Crippen LogP contribution is 2.25. The predicted octanol–water partition coefficient (Wildman–Crippen LogP) is 4.01. The molecule has 1 rings (SSSR count). The van der Waals surface area contributed by atoms with E-state index in [1.165, 1.54) is 7.11 Å². The smallest absolute Gasteiger partial charge is 0.376 e. The van der Waals surface area contributed by atoms with Gasteiger partial charge in [-0.05, 0) is 24.5 Å². The van der Waals surface area contributed by atoms with Crippen molar-refractivity contribution in [2.24, 2.45) is 5.92 Å². The Morgan fingerprint density at radius 2 is 1.95 bits per heavy atom. The third-order valence-corrected chi connectivity index (χ3v) is 3.61. The van der Waals surface area contributed by atoms with Gasteiger partial charge in [0.05, 0.1) is 20.8 Å². The summed E-state index contributed by atoms with van der Waals surface area (Å²) in [5, 5.41) is 0. The first kappa shape index (κ1) is 18.3. The summed E-state index contributed by atoms with van der Waals surface area (Å²) in [7, 11) is 3.04. The third-order valence-electron chi connectivity index (χ3n) is 3.61. The van der Waals surface area contributed by atoms with Crippen molar-refractivity contribution < 1.29 is 24.0 Å². The SMILES string of the molecule is CCCCC(CC)COOC(=O)c1ccc(OC)cc1OC. The molecular formula is C17H26O5. The Hall–Kier alpha value is -1.75. The summed E-state index contributed by atoms with van der Waals surface area (Å²) in [5.41, 5.74) is 0.310. The summed E-state index contributed by atoms with van der Waals surface area (Å²) in [5.74, 6) is 0.848. The highest BCUT2D eigenvalue weighted by Gasteiger charge is 2.16. The van der Waals surface area contributed by atoms with Gasteiger partial charge >= 0.3 is 5.97 Å². The Labute approximate surface area is 132 Å². The largest absolute Gasteiger partial charge is 0.497 e. The molecule has 0 saturated heterocycles. The van der Waals surface area contributed by atoms with E-state index in [9.17, 15) is 4.79 Å².